The van der Waals surface area contributed by atoms with E-state index in [4.69, 9.17) is 5.11 Å². The van der Waals surface area contributed by atoms with Gasteiger partial charge in [0, 0.05) is 4.88 Å². The maximum Gasteiger partial charge on any atom is 0.321 e. The molecular weight excluding hydrogens is 262 g/mol. The van der Waals surface area contributed by atoms with Crippen molar-refractivity contribution in [1.82, 2.24) is 4.98 Å². The molecule has 0 spiro atoms. The summed E-state index contributed by atoms with van der Waals surface area (Å²) in [4.78, 5) is 15.9. The summed E-state index contributed by atoms with van der Waals surface area (Å²) >= 11 is 1.30. The van der Waals surface area contributed by atoms with E-state index in [2.05, 4.69) is 4.98 Å². The van der Waals surface area contributed by atoms with Crippen molar-refractivity contribution in [3.63, 3.8) is 0 Å². The van der Waals surface area contributed by atoms with Crippen molar-refractivity contribution in [2.24, 2.45) is 0 Å². The van der Waals surface area contributed by atoms with Gasteiger partial charge < -0.3 is 5.11 Å². The van der Waals surface area contributed by atoms with E-state index in [9.17, 15) is 13.2 Å². The van der Waals surface area contributed by atoms with E-state index in [0.29, 0.717) is 5.01 Å². The molecule has 1 unspecified atom stereocenters. The summed E-state index contributed by atoms with van der Waals surface area (Å²) in [7, 11) is -3.68. The average Bonchev–Trinajstić information content (AvgIpc) is 2.43. The van der Waals surface area contributed by atoms with Crippen molar-refractivity contribution < 1.29 is 18.3 Å². The van der Waals surface area contributed by atoms with Crippen molar-refractivity contribution in [2.45, 2.75) is 38.2 Å². The summed E-state index contributed by atoms with van der Waals surface area (Å²) in [5.74, 6) is -1.59. The summed E-state index contributed by atoms with van der Waals surface area (Å²) in [6.45, 7) is 5.21. The SMILES string of the molecule is CCC(C(=O)O)S(=O)(=O)Cc1nc(C)c(C)s1. The standard InChI is InChI=1S/C10H15NO4S2/c1-4-8(10(12)13)17(14,15)5-9-11-6(2)7(3)16-9/h8H,4-5H2,1-3H3,(H,12,13). The molecule has 1 heterocycles. The zero-order valence-electron chi connectivity index (χ0n) is 9.93. The number of nitrogens with zero attached hydrogens (tertiary/aromatic N) is 1. The monoisotopic (exact) mass is 277 g/mol. The van der Waals surface area contributed by atoms with Crippen LogP contribution < -0.4 is 0 Å². The highest BCUT2D eigenvalue weighted by Gasteiger charge is 2.31. The molecule has 1 aromatic heterocycles. The second-order valence-electron chi connectivity index (χ2n) is 3.79. The maximum absolute atomic E-state index is 11.9. The molecule has 1 N–H and O–H groups in total. The Morgan fingerprint density at radius 3 is 2.41 bits per heavy atom. The van der Waals surface area contributed by atoms with E-state index >= 15 is 0 Å². The number of thiazole rings is 1. The second-order valence-corrected chi connectivity index (χ2v) is 7.26. The lowest BCUT2D eigenvalue weighted by molar-refractivity contribution is -0.136. The Labute approximate surface area is 104 Å². The van der Waals surface area contributed by atoms with Crippen LogP contribution in [0.15, 0.2) is 0 Å². The van der Waals surface area contributed by atoms with Crippen LogP contribution in [0.25, 0.3) is 0 Å². The lowest BCUT2D eigenvalue weighted by Crippen LogP contribution is -2.30. The predicted molar refractivity (Wildman–Crippen MR) is 65.9 cm³/mol. The highest BCUT2D eigenvalue weighted by molar-refractivity contribution is 7.92. The van der Waals surface area contributed by atoms with Gasteiger partial charge in [0.1, 0.15) is 10.8 Å². The number of aliphatic carboxylic acids is 1. The first-order chi connectivity index (χ1) is 7.77. The van der Waals surface area contributed by atoms with Crippen LogP contribution in [0.2, 0.25) is 0 Å². The number of aryl methyl sites for hydroxylation is 2. The van der Waals surface area contributed by atoms with Crippen LogP contribution in [0.4, 0.5) is 0 Å². The number of sulfone groups is 1. The first-order valence-corrected chi connectivity index (χ1v) is 7.68. The third-order valence-electron chi connectivity index (χ3n) is 2.48. The molecule has 1 atom stereocenters. The summed E-state index contributed by atoms with van der Waals surface area (Å²) < 4.78 is 23.8. The van der Waals surface area contributed by atoms with Crippen molar-refractivity contribution in [2.75, 3.05) is 0 Å². The minimum atomic E-state index is -3.68. The molecule has 7 heteroatoms. The number of carboxylic acids is 1. The van der Waals surface area contributed by atoms with Gasteiger partial charge in [0.2, 0.25) is 0 Å². The van der Waals surface area contributed by atoms with Crippen LogP contribution in [0.1, 0.15) is 28.9 Å². The molecule has 17 heavy (non-hydrogen) atoms. The van der Waals surface area contributed by atoms with E-state index in [1.165, 1.54) is 11.3 Å². The van der Waals surface area contributed by atoms with Crippen molar-refractivity contribution in [1.29, 1.82) is 0 Å². The highest BCUT2D eigenvalue weighted by Crippen LogP contribution is 2.21. The van der Waals surface area contributed by atoms with Gasteiger partial charge in [-0.15, -0.1) is 11.3 Å². The van der Waals surface area contributed by atoms with Crippen LogP contribution in [-0.4, -0.2) is 29.7 Å². The Morgan fingerprint density at radius 1 is 1.47 bits per heavy atom. The minimum absolute atomic E-state index is 0.0704. The third-order valence-corrected chi connectivity index (χ3v) is 5.81. The fraction of sp³-hybridized carbons (Fsp3) is 0.600. The van der Waals surface area contributed by atoms with E-state index in [0.717, 1.165) is 10.6 Å². The highest BCUT2D eigenvalue weighted by atomic mass is 32.2. The Kier molecular flexibility index (Phi) is 4.26. The molecule has 0 aliphatic rings. The summed E-state index contributed by atoms with van der Waals surface area (Å²) in [6.07, 6.45) is 0.0704. The van der Waals surface area contributed by atoms with Crippen LogP contribution in [0.5, 0.6) is 0 Å². The number of hydrogen-bond acceptors (Lipinski definition) is 5. The van der Waals surface area contributed by atoms with Crippen molar-refractivity contribution in [3.05, 3.63) is 15.6 Å². The number of aromatic nitrogens is 1. The quantitative estimate of drug-likeness (QED) is 0.882. The van der Waals surface area contributed by atoms with E-state index in [1.54, 1.807) is 13.8 Å². The van der Waals surface area contributed by atoms with Crippen LogP contribution in [-0.2, 0) is 20.4 Å². The first kappa shape index (κ1) is 14.1. The summed E-state index contributed by atoms with van der Waals surface area (Å²) in [5.41, 5.74) is 0.795. The van der Waals surface area contributed by atoms with Gasteiger partial charge in [-0.05, 0) is 20.3 Å². The maximum atomic E-state index is 11.9. The first-order valence-electron chi connectivity index (χ1n) is 5.15. The molecule has 0 aromatic carbocycles. The summed E-state index contributed by atoms with van der Waals surface area (Å²) in [5, 5.41) is 7.97. The number of rotatable bonds is 5. The van der Waals surface area contributed by atoms with Gasteiger partial charge in [-0.25, -0.2) is 13.4 Å². The van der Waals surface area contributed by atoms with Gasteiger partial charge in [-0.1, -0.05) is 6.92 Å². The zero-order valence-corrected chi connectivity index (χ0v) is 11.6. The fourth-order valence-electron chi connectivity index (χ4n) is 1.46. The Morgan fingerprint density at radius 2 is 2.06 bits per heavy atom. The molecule has 0 amide bonds. The number of carboxylic acid groups (broad SMARTS) is 1. The average molecular weight is 277 g/mol. The molecule has 1 rings (SSSR count). The Balaban J connectivity index is 2.97. The van der Waals surface area contributed by atoms with Crippen molar-refractivity contribution >= 4 is 27.1 Å². The normalized spacial score (nSPS) is 13.6. The molecule has 96 valence electrons. The van der Waals surface area contributed by atoms with Crippen molar-refractivity contribution in [3.8, 4) is 0 Å². The van der Waals surface area contributed by atoms with Crippen LogP contribution in [0.3, 0.4) is 0 Å². The minimum Gasteiger partial charge on any atom is -0.480 e. The van der Waals surface area contributed by atoms with E-state index < -0.39 is 21.1 Å². The molecule has 0 fully saturated rings. The lowest BCUT2D eigenvalue weighted by atomic mass is 10.3. The largest absolute Gasteiger partial charge is 0.480 e. The van der Waals surface area contributed by atoms with Gasteiger partial charge in [0.05, 0.1) is 5.69 Å². The van der Waals surface area contributed by atoms with E-state index in [1.807, 2.05) is 6.92 Å². The van der Waals surface area contributed by atoms with Gasteiger partial charge in [0.15, 0.2) is 15.1 Å². The predicted octanol–water partition coefficient (Wildman–Crippen LogP) is 1.54. The molecule has 0 saturated heterocycles. The van der Waals surface area contributed by atoms with Gasteiger partial charge >= 0.3 is 5.97 Å². The second kappa shape index (κ2) is 5.14. The zero-order chi connectivity index (χ0) is 13.2. The molecule has 5 nitrogen and oxygen atoms in total. The number of hydrogen-bond donors (Lipinski definition) is 1. The Hall–Kier alpha value is -0.950. The molecule has 0 bridgehead atoms. The van der Waals surface area contributed by atoms with Gasteiger partial charge in [-0.3, -0.25) is 4.79 Å². The van der Waals surface area contributed by atoms with Crippen LogP contribution >= 0.6 is 11.3 Å². The summed E-state index contributed by atoms with van der Waals surface area (Å²) in [6, 6.07) is 0. The third kappa shape index (κ3) is 3.26. The molecule has 1 aromatic rings. The van der Waals surface area contributed by atoms with E-state index in [-0.39, 0.29) is 12.2 Å². The molecule has 0 aliphatic heterocycles. The number of carbonyl (C=O) groups is 1. The molecule has 0 radical (unpaired) electrons. The van der Waals surface area contributed by atoms with Gasteiger partial charge in [-0.2, -0.15) is 0 Å². The molecular formula is C10H15NO4S2. The van der Waals surface area contributed by atoms with Crippen LogP contribution in [0, 0.1) is 13.8 Å². The molecule has 0 saturated carbocycles. The lowest BCUT2D eigenvalue weighted by Gasteiger charge is -2.09. The fourth-order valence-corrected chi connectivity index (χ4v) is 4.34. The van der Waals surface area contributed by atoms with Gasteiger partial charge in [0.25, 0.3) is 0 Å². The smallest absolute Gasteiger partial charge is 0.321 e. The molecule has 0 aliphatic carbocycles. The topological polar surface area (TPSA) is 84.3 Å². The Bertz CT molecular complexity index is 499.